The predicted octanol–water partition coefficient (Wildman–Crippen LogP) is 4.71. The molecule has 0 amide bonds. The molecule has 0 radical (unpaired) electrons. The Bertz CT molecular complexity index is 1300. The van der Waals surface area contributed by atoms with Crippen LogP contribution >= 0.6 is 11.6 Å². The number of halogens is 1. The van der Waals surface area contributed by atoms with Crippen molar-refractivity contribution in [3.8, 4) is 11.5 Å². The molecule has 2 aromatic carbocycles. The molecule has 3 aromatic rings. The van der Waals surface area contributed by atoms with Crippen LogP contribution in [-0.4, -0.2) is 31.4 Å². The second-order valence-electron chi connectivity index (χ2n) is 8.93. The summed E-state index contributed by atoms with van der Waals surface area (Å²) < 4.78 is 42.1. The van der Waals surface area contributed by atoms with E-state index in [1.807, 2.05) is 39.8 Å². The molecule has 0 bridgehead atoms. The van der Waals surface area contributed by atoms with Crippen molar-refractivity contribution < 1.29 is 22.1 Å². The Balaban J connectivity index is 1.45. The van der Waals surface area contributed by atoms with Crippen LogP contribution in [0.3, 0.4) is 0 Å². The van der Waals surface area contributed by atoms with E-state index in [0.29, 0.717) is 18.8 Å². The lowest BCUT2D eigenvalue weighted by atomic mass is 10.1. The first-order chi connectivity index (χ1) is 16.5. The minimum Gasteiger partial charge on any atom is -0.494 e. The minimum atomic E-state index is -3.78. The summed E-state index contributed by atoms with van der Waals surface area (Å²) in [7, 11) is -3.78. The van der Waals surface area contributed by atoms with Crippen LogP contribution in [0.25, 0.3) is 0 Å². The van der Waals surface area contributed by atoms with E-state index >= 15 is 0 Å². The van der Waals surface area contributed by atoms with Crippen molar-refractivity contribution in [1.82, 2.24) is 9.78 Å². The van der Waals surface area contributed by atoms with Gasteiger partial charge in [0, 0.05) is 6.42 Å². The van der Waals surface area contributed by atoms with E-state index in [1.54, 1.807) is 24.3 Å². The van der Waals surface area contributed by atoms with Crippen LogP contribution in [0.4, 0.5) is 0 Å². The maximum absolute atomic E-state index is 12.4. The standard InChI is InChI=1S/C25H29ClN2O6S/c1-18-6-12-21(13-7-18)35(30,31)34-15-5-14-32-20-10-8-19(9-11-20)17-33-22-16-27-28(25(2,3)4)24(29)23(22)26/h6-13,16H,5,14-15,17H2,1-4H3. The largest absolute Gasteiger partial charge is 0.494 e. The second kappa shape index (κ2) is 11.2. The Labute approximate surface area is 210 Å². The van der Waals surface area contributed by atoms with E-state index in [0.717, 1.165) is 11.1 Å². The smallest absolute Gasteiger partial charge is 0.296 e. The first kappa shape index (κ1) is 26.7. The average molecular weight is 521 g/mol. The van der Waals surface area contributed by atoms with Crippen LogP contribution in [0.2, 0.25) is 5.02 Å². The van der Waals surface area contributed by atoms with E-state index in [2.05, 4.69) is 5.10 Å². The third-order valence-electron chi connectivity index (χ3n) is 4.95. The number of hydrogen-bond acceptors (Lipinski definition) is 7. The zero-order valence-corrected chi connectivity index (χ0v) is 21.7. The summed E-state index contributed by atoms with van der Waals surface area (Å²) in [4.78, 5) is 12.5. The van der Waals surface area contributed by atoms with Gasteiger partial charge in [0.1, 0.15) is 12.4 Å². The number of benzene rings is 2. The van der Waals surface area contributed by atoms with Gasteiger partial charge in [0.25, 0.3) is 15.7 Å². The third-order valence-corrected chi connectivity index (χ3v) is 6.62. The summed E-state index contributed by atoms with van der Waals surface area (Å²) >= 11 is 6.18. The molecule has 1 aromatic heterocycles. The van der Waals surface area contributed by atoms with Gasteiger partial charge >= 0.3 is 0 Å². The molecule has 188 valence electrons. The van der Waals surface area contributed by atoms with Crippen molar-refractivity contribution >= 4 is 21.7 Å². The molecule has 1 heterocycles. The lowest BCUT2D eigenvalue weighted by Gasteiger charge is -2.21. The topological polar surface area (TPSA) is 96.7 Å². The summed E-state index contributed by atoms with van der Waals surface area (Å²) in [5.74, 6) is 0.848. The van der Waals surface area contributed by atoms with E-state index < -0.39 is 21.2 Å². The lowest BCUT2D eigenvalue weighted by Crippen LogP contribution is -2.36. The Morgan fingerprint density at radius 3 is 2.26 bits per heavy atom. The molecular weight excluding hydrogens is 492 g/mol. The third kappa shape index (κ3) is 7.30. The number of rotatable bonds is 10. The molecule has 0 aliphatic rings. The van der Waals surface area contributed by atoms with Gasteiger partial charge in [-0.1, -0.05) is 41.4 Å². The van der Waals surface area contributed by atoms with Gasteiger partial charge in [-0.15, -0.1) is 0 Å². The zero-order valence-electron chi connectivity index (χ0n) is 20.2. The molecule has 0 N–H and O–H groups in total. The van der Waals surface area contributed by atoms with E-state index in [9.17, 15) is 13.2 Å². The van der Waals surface area contributed by atoms with Crippen LogP contribution in [0.15, 0.2) is 64.4 Å². The molecule has 10 heteroatoms. The summed E-state index contributed by atoms with van der Waals surface area (Å²) in [5.41, 5.74) is 0.925. The maximum atomic E-state index is 12.4. The SMILES string of the molecule is Cc1ccc(S(=O)(=O)OCCCOc2ccc(COc3cnn(C(C)(C)C)c(=O)c3Cl)cc2)cc1. The van der Waals surface area contributed by atoms with Gasteiger partial charge in [-0.05, 0) is 57.5 Å². The van der Waals surface area contributed by atoms with Crippen molar-refractivity contribution in [2.75, 3.05) is 13.2 Å². The average Bonchev–Trinajstić information content (AvgIpc) is 2.80. The Morgan fingerprint density at radius 1 is 0.971 bits per heavy atom. The van der Waals surface area contributed by atoms with Crippen molar-refractivity contribution in [2.24, 2.45) is 0 Å². The van der Waals surface area contributed by atoms with Crippen molar-refractivity contribution in [3.05, 3.63) is 81.2 Å². The Morgan fingerprint density at radius 2 is 1.63 bits per heavy atom. The number of aryl methyl sites for hydroxylation is 1. The fraction of sp³-hybridized carbons (Fsp3) is 0.360. The summed E-state index contributed by atoms with van der Waals surface area (Å²) in [6.45, 7) is 7.99. The molecule has 35 heavy (non-hydrogen) atoms. The van der Waals surface area contributed by atoms with Gasteiger partial charge in [0.2, 0.25) is 0 Å². The van der Waals surface area contributed by atoms with E-state index in [-0.39, 0.29) is 28.9 Å². The fourth-order valence-electron chi connectivity index (χ4n) is 3.03. The van der Waals surface area contributed by atoms with Crippen molar-refractivity contribution in [2.45, 2.75) is 51.2 Å². The number of hydrogen-bond donors (Lipinski definition) is 0. The van der Waals surface area contributed by atoms with Crippen LogP contribution in [0.1, 0.15) is 38.3 Å². The van der Waals surface area contributed by atoms with Crippen LogP contribution in [0, 0.1) is 6.92 Å². The zero-order chi connectivity index (χ0) is 25.6. The van der Waals surface area contributed by atoms with Crippen LogP contribution in [0.5, 0.6) is 11.5 Å². The fourth-order valence-corrected chi connectivity index (χ4v) is 4.16. The molecule has 0 saturated heterocycles. The van der Waals surface area contributed by atoms with Crippen LogP contribution < -0.4 is 15.0 Å². The first-order valence-electron chi connectivity index (χ1n) is 11.1. The molecular formula is C25H29ClN2O6S. The van der Waals surface area contributed by atoms with E-state index in [1.165, 1.54) is 23.0 Å². The summed E-state index contributed by atoms with van der Waals surface area (Å²) in [6.07, 6.45) is 1.84. The minimum absolute atomic E-state index is 0.0125. The van der Waals surface area contributed by atoms with Gasteiger partial charge in [0.05, 0.1) is 29.8 Å². The molecule has 8 nitrogen and oxygen atoms in total. The highest BCUT2D eigenvalue weighted by Gasteiger charge is 2.20. The van der Waals surface area contributed by atoms with Gasteiger partial charge in [-0.3, -0.25) is 8.98 Å². The number of ether oxygens (including phenoxy) is 2. The molecule has 0 spiro atoms. The predicted molar refractivity (Wildman–Crippen MR) is 134 cm³/mol. The van der Waals surface area contributed by atoms with Gasteiger partial charge in [-0.25, -0.2) is 4.68 Å². The quantitative estimate of drug-likeness (QED) is 0.282. The molecule has 0 aliphatic carbocycles. The maximum Gasteiger partial charge on any atom is 0.296 e. The number of aromatic nitrogens is 2. The van der Waals surface area contributed by atoms with Gasteiger partial charge in [0.15, 0.2) is 10.8 Å². The highest BCUT2D eigenvalue weighted by molar-refractivity contribution is 7.86. The monoisotopic (exact) mass is 520 g/mol. The molecule has 0 saturated carbocycles. The molecule has 0 aliphatic heterocycles. The molecule has 0 fully saturated rings. The Kier molecular flexibility index (Phi) is 8.58. The van der Waals surface area contributed by atoms with Gasteiger partial charge in [-0.2, -0.15) is 13.5 Å². The van der Waals surface area contributed by atoms with Crippen LogP contribution in [-0.2, 0) is 26.4 Å². The lowest BCUT2D eigenvalue weighted by molar-refractivity contribution is 0.250. The summed E-state index contributed by atoms with van der Waals surface area (Å²) in [5, 5.41) is 4.14. The van der Waals surface area contributed by atoms with Gasteiger partial charge < -0.3 is 9.47 Å². The second-order valence-corrected chi connectivity index (χ2v) is 10.9. The van der Waals surface area contributed by atoms with Crippen molar-refractivity contribution in [3.63, 3.8) is 0 Å². The number of nitrogens with zero attached hydrogens (tertiary/aromatic N) is 2. The van der Waals surface area contributed by atoms with E-state index in [4.69, 9.17) is 25.3 Å². The molecule has 0 unspecified atom stereocenters. The Hall–Kier alpha value is -2.88. The normalized spacial score (nSPS) is 11.9. The first-order valence-corrected chi connectivity index (χ1v) is 12.8. The highest BCUT2D eigenvalue weighted by atomic mass is 35.5. The highest BCUT2D eigenvalue weighted by Crippen LogP contribution is 2.22. The van der Waals surface area contributed by atoms with Crippen molar-refractivity contribution in [1.29, 1.82) is 0 Å². The molecule has 0 atom stereocenters. The summed E-state index contributed by atoms with van der Waals surface area (Å²) in [6, 6.07) is 13.7. The molecule has 3 rings (SSSR count).